The van der Waals surface area contributed by atoms with Gasteiger partial charge in [-0.3, -0.25) is 4.79 Å². The van der Waals surface area contributed by atoms with Crippen LogP contribution >= 0.6 is 0 Å². The molecule has 1 atom stereocenters. The summed E-state index contributed by atoms with van der Waals surface area (Å²) in [6, 6.07) is 16.3. The predicted octanol–water partition coefficient (Wildman–Crippen LogP) is 3.69. The number of benzene rings is 2. The van der Waals surface area contributed by atoms with Crippen LogP contribution in [0.5, 0.6) is 0 Å². The Bertz CT molecular complexity index is 1030. The molecule has 2 aromatic carbocycles. The van der Waals surface area contributed by atoms with Crippen LogP contribution in [0.1, 0.15) is 49.1 Å². The van der Waals surface area contributed by atoms with Gasteiger partial charge in [0.1, 0.15) is 6.61 Å². The molecule has 0 aromatic heterocycles. The van der Waals surface area contributed by atoms with Crippen molar-refractivity contribution in [3.8, 4) is 11.1 Å². The zero-order chi connectivity index (χ0) is 24.8. The molecule has 186 valence electrons. The summed E-state index contributed by atoms with van der Waals surface area (Å²) in [6.45, 7) is 0.588. The van der Waals surface area contributed by atoms with Crippen molar-refractivity contribution in [2.24, 2.45) is 5.41 Å². The van der Waals surface area contributed by atoms with E-state index in [2.05, 4.69) is 34.9 Å². The van der Waals surface area contributed by atoms with E-state index in [0.29, 0.717) is 12.8 Å². The molecule has 0 radical (unpaired) electrons. The molecule has 3 N–H and O–H groups in total. The Labute approximate surface area is 205 Å². The summed E-state index contributed by atoms with van der Waals surface area (Å²) >= 11 is 0. The number of nitrogens with one attached hydrogen (secondary N) is 2. The van der Waals surface area contributed by atoms with Crippen LogP contribution < -0.4 is 10.6 Å². The van der Waals surface area contributed by atoms with Crippen LogP contribution in [-0.2, 0) is 19.1 Å². The van der Waals surface area contributed by atoms with Gasteiger partial charge in [0.05, 0.1) is 5.41 Å². The van der Waals surface area contributed by atoms with E-state index in [4.69, 9.17) is 14.6 Å². The molecular weight excluding hydrogens is 448 g/mol. The minimum Gasteiger partial charge on any atom is -0.479 e. The monoisotopic (exact) mass is 480 g/mol. The third-order valence-electron chi connectivity index (χ3n) is 7.21. The molecule has 2 aliphatic rings. The first-order valence-electron chi connectivity index (χ1n) is 12.1. The average molecular weight is 481 g/mol. The summed E-state index contributed by atoms with van der Waals surface area (Å²) in [4.78, 5) is 36.7. The number of ether oxygens (including phenoxy) is 2. The van der Waals surface area contributed by atoms with E-state index in [1.54, 1.807) is 0 Å². The summed E-state index contributed by atoms with van der Waals surface area (Å²) in [5.74, 6) is -1.26. The first-order valence-corrected chi connectivity index (χ1v) is 12.1. The van der Waals surface area contributed by atoms with Crippen LogP contribution in [0.3, 0.4) is 0 Å². The maximum absolute atomic E-state index is 13.0. The third-order valence-corrected chi connectivity index (χ3v) is 7.21. The van der Waals surface area contributed by atoms with Crippen molar-refractivity contribution in [3.05, 3.63) is 59.7 Å². The van der Waals surface area contributed by atoms with Crippen LogP contribution in [0.4, 0.5) is 4.79 Å². The number of alkyl carbamates (subject to hydrolysis) is 1. The van der Waals surface area contributed by atoms with E-state index < -0.39 is 23.6 Å². The van der Waals surface area contributed by atoms with E-state index in [0.717, 1.165) is 35.1 Å². The summed E-state index contributed by atoms with van der Waals surface area (Å²) < 4.78 is 10.5. The maximum Gasteiger partial charge on any atom is 0.407 e. The minimum atomic E-state index is -1.06. The SMILES string of the molecule is COC(CCNC(=O)C1(CNC(=O)OCC2c3ccccc3-c3ccccc32)CCCC1)C(=O)O. The molecule has 0 saturated heterocycles. The van der Waals surface area contributed by atoms with E-state index >= 15 is 0 Å². The number of carboxylic acids is 1. The molecule has 0 heterocycles. The van der Waals surface area contributed by atoms with Crippen LogP contribution in [0.2, 0.25) is 0 Å². The molecule has 35 heavy (non-hydrogen) atoms. The number of fused-ring (bicyclic) bond motifs is 3. The largest absolute Gasteiger partial charge is 0.479 e. The van der Waals surface area contributed by atoms with Crippen molar-refractivity contribution >= 4 is 18.0 Å². The van der Waals surface area contributed by atoms with Crippen LogP contribution in [0.25, 0.3) is 11.1 Å². The van der Waals surface area contributed by atoms with Gasteiger partial charge in [-0.05, 0) is 35.1 Å². The number of carboxylic acid groups (broad SMARTS) is 1. The van der Waals surface area contributed by atoms with Crippen molar-refractivity contribution in [1.29, 1.82) is 0 Å². The van der Waals surface area contributed by atoms with Gasteiger partial charge in [0.25, 0.3) is 0 Å². The Hall–Kier alpha value is -3.39. The van der Waals surface area contributed by atoms with Gasteiger partial charge in [-0.2, -0.15) is 0 Å². The van der Waals surface area contributed by atoms with E-state index in [1.807, 2.05) is 24.3 Å². The molecule has 0 bridgehead atoms. The molecule has 1 unspecified atom stereocenters. The molecule has 1 saturated carbocycles. The van der Waals surface area contributed by atoms with Gasteiger partial charge in [-0.15, -0.1) is 0 Å². The summed E-state index contributed by atoms with van der Waals surface area (Å²) in [5, 5.41) is 14.7. The smallest absolute Gasteiger partial charge is 0.407 e. The molecule has 1 fully saturated rings. The molecular formula is C27H32N2O6. The minimum absolute atomic E-state index is 0.0279. The number of hydrogen-bond acceptors (Lipinski definition) is 5. The molecule has 8 nitrogen and oxygen atoms in total. The summed E-state index contributed by atoms with van der Waals surface area (Å²) in [6.07, 6.45) is 1.79. The second-order valence-electron chi connectivity index (χ2n) is 9.27. The number of methoxy groups -OCH3 is 1. The second kappa shape index (κ2) is 10.9. The van der Waals surface area contributed by atoms with Crippen molar-refractivity contribution in [2.45, 2.75) is 44.1 Å². The number of aliphatic carboxylic acids is 1. The fourth-order valence-corrected chi connectivity index (χ4v) is 5.27. The molecule has 0 aliphatic heterocycles. The first-order chi connectivity index (χ1) is 16.9. The Morgan fingerprint density at radius 3 is 2.17 bits per heavy atom. The lowest BCUT2D eigenvalue weighted by molar-refractivity contribution is -0.149. The summed E-state index contributed by atoms with van der Waals surface area (Å²) in [7, 11) is 1.33. The van der Waals surface area contributed by atoms with Crippen LogP contribution in [0, 0.1) is 5.41 Å². The predicted molar refractivity (Wildman–Crippen MR) is 130 cm³/mol. The second-order valence-corrected chi connectivity index (χ2v) is 9.27. The van der Waals surface area contributed by atoms with Gasteiger partial charge in [0.15, 0.2) is 6.10 Å². The number of carbonyl (C=O) groups is 3. The van der Waals surface area contributed by atoms with Gasteiger partial charge in [0.2, 0.25) is 5.91 Å². The van der Waals surface area contributed by atoms with E-state index in [1.165, 1.54) is 7.11 Å². The van der Waals surface area contributed by atoms with Crippen LogP contribution in [0.15, 0.2) is 48.5 Å². The zero-order valence-corrected chi connectivity index (χ0v) is 19.9. The lowest BCUT2D eigenvalue weighted by Crippen LogP contribution is -2.47. The summed E-state index contributed by atoms with van der Waals surface area (Å²) in [5.41, 5.74) is 3.90. The molecule has 8 heteroatoms. The number of carbonyl (C=O) groups excluding carboxylic acids is 2. The van der Waals surface area contributed by atoms with Gasteiger partial charge in [-0.25, -0.2) is 9.59 Å². The highest BCUT2D eigenvalue weighted by atomic mass is 16.5. The molecule has 4 rings (SSSR count). The topological polar surface area (TPSA) is 114 Å². The van der Waals surface area contributed by atoms with Gasteiger partial charge in [0, 0.05) is 32.5 Å². The highest BCUT2D eigenvalue weighted by Crippen LogP contribution is 2.44. The zero-order valence-electron chi connectivity index (χ0n) is 19.9. The number of rotatable bonds is 10. The first kappa shape index (κ1) is 24.7. The Kier molecular flexibility index (Phi) is 7.70. The highest BCUT2D eigenvalue weighted by Gasteiger charge is 2.41. The normalized spacial score (nSPS) is 16.7. The number of amides is 2. The van der Waals surface area contributed by atoms with Gasteiger partial charge in [-0.1, -0.05) is 61.4 Å². The standard InChI is InChI=1S/C27H32N2O6/c1-34-23(24(30)31)12-15-28-25(32)27(13-6-7-14-27)17-29-26(33)35-16-22-20-10-4-2-8-18(20)19-9-3-5-11-21(19)22/h2-5,8-11,22-23H,6-7,12-17H2,1H3,(H,28,32)(H,29,33)(H,30,31). The quantitative estimate of drug-likeness (QED) is 0.478. The Morgan fingerprint density at radius 1 is 1.00 bits per heavy atom. The van der Waals surface area contributed by atoms with Gasteiger partial charge >= 0.3 is 12.1 Å². The maximum atomic E-state index is 13.0. The van der Waals surface area contributed by atoms with Gasteiger partial charge < -0.3 is 25.2 Å². The molecule has 0 spiro atoms. The average Bonchev–Trinajstić information content (AvgIpc) is 3.48. The van der Waals surface area contributed by atoms with Crippen molar-refractivity contribution in [2.75, 3.05) is 26.8 Å². The molecule has 2 amide bonds. The lowest BCUT2D eigenvalue weighted by Gasteiger charge is -2.28. The van der Waals surface area contributed by atoms with Crippen LogP contribution in [-0.4, -0.2) is 56.0 Å². The van der Waals surface area contributed by atoms with Crippen molar-refractivity contribution in [1.82, 2.24) is 10.6 Å². The number of hydrogen-bond donors (Lipinski definition) is 3. The Balaban J connectivity index is 1.32. The molecule has 2 aromatic rings. The Morgan fingerprint density at radius 2 is 1.60 bits per heavy atom. The fourth-order valence-electron chi connectivity index (χ4n) is 5.27. The van der Waals surface area contributed by atoms with Crippen molar-refractivity contribution in [3.63, 3.8) is 0 Å². The van der Waals surface area contributed by atoms with Crippen molar-refractivity contribution < 1.29 is 29.0 Å². The lowest BCUT2D eigenvalue weighted by atomic mass is 9.85. The van der Waals surface area contributed by atoms with E-state index in [9.17, 15) is 14.4 Å². The highest BCUT2D eigenvalue weighted by molar-refractivity contribution is 5.84. The van der Waals surface area contributed by atoms with E-state index in [-0.39, 0.29) is 37.9 Å². The third kappa shape index (κ3) is 5.32. The molecule has 2 aliphatic carbocycles. The fraction of sp³-hybridized carbons (Fsp3) is 0.444.